The summed E-state index contributed by atoms with van der Waals surface area (Å²) in [6, 6.07) is 7.76. The fourth-order valence-electron chi connectivity index (χ4n) is 1.72. The number of hydrogen-bond donors (Lipinski definition) is 1. The summed E-state index contributed by atoms with van der Waals surface area (Å²) in [5.74, 6) is -1.53. The second-order valence-electron chi connectivity index (χ2n) is 4.61. The van der Waals surface area contributed by atoms with Crippen LogP contribution in [0.3, 0.4) is 0 Å². The third-order valence-electron chi connectivity index (χ3n) is 2.86. The van der Waals surface area contributed by atoms with Crippen molar-refractivity contribution in [2.75, 3.05) is 4.72 Å². The second kappa shape index (κ2) is 5.60. The van der Waals surface area contributed by atoms with Crippen LogP contribution in [0.25, 0.3) is 0 Å². The molecule has 0 aromatic heterocycles. The standard InChI is InChI=1S/C14H11F4NO2S/c1-9-2-4-10(5-3-9)19-22(20,21)11-6-7-13(15)12(8-11)14(16,17)18/h2-8,19H,1H3. The van der Waals surface area contributed by atoms with Gasteiger partial charge in [-0.1, -0.05) is 17.7 Å². The lowest BCUT2D eigenvalue weighted by molar-refractivity contribution is -0.140. The molecule has 0 bridgehead atoms. The van der Waals surface area contributed by atoms with Crippen molar-refractivity contribution < 1.29 is 26.0 Å². The normalized spacial score (nSPS) is 12.2. The molecule has 0 saturated heterocycles. The fraction of sp³-hybridized carbons (Fsp3) is 0.143. The van der Waals surface area contributed by atoms with Gasteiger partial charge in [0.2, 0.25) is 0 Å². The van der Waals surface area contributed by atoms with Crippen LogP contribution in [-0.2, 0) is 16.2 Å². The molecule has 0 spiro atoms. The molecule has 0 fully saturated rings. The van der Waals surface area contributed by atoms with Crippen molar-refractivity contribution in [3.63, 3.8) is 0 Å². The maximum atomic E-state index is 13.2. The minimum atomic E-state index is -4.97. The lowest BCUT2D eigenvalue weighted by Crippen LogP contribution is -2.15. The number of benzene rings is 2. The number of hydrogen-bond acceptors (Lipinski definition) is 2. The van der Waals surface area contributed by atoms with Gasteiger partial charge in [-0.05, 0) is 37.3 Å². The quantitative estimate of drug-likeness (QED) is 0.865. The van der Waals surface area contributed by atoms with Crippen molar-refractivity contribution in [1.29, 1.82) is 0 Å². The van der Waals surface area contributed by atoms with E-state index in [0.717, 1.165) is 11.6 Å². The summed E-state index contributed by atoms with van der Waals surface area (Å²) in [6.45, 7) is 1.80. The SMILES string of the molecule is Cc1ccc(NS(=O)(=O)c2ccc(F)c(C(F)(F)F)c2)cc1. The number of halogens is 4. The maximum Gasteiger partial charge on any atom is 0.419 e. The highest BCUT2D eigenvalue weighted by Crippen LogP contribution is 2.33. The average Bonchev–Trinajstić information content (AvgIpc) is 2.40. The zero-order valence-corrected chi connectivity index (χ0v) is 12.1. The van der Waals surface area contributed by atoms with Crippen LogP contribution in [0.5, 0.6) is 0 Å². The van der Waals surface area contributed by atoms with Crippen molar-refractivity contribution in [1.82, 2.24) is 0 Å². The smallest absolute Gasteiger partial charge is 0.280 e. The third-order valence-corrected chi connectivity index (χ3v) is 4.24. The Morgan fingerprint density at radius 3 is 2.14 bits per heavy atom. The molecule has 0 aliphatic rings. The van der Waals surface area contributed by atoms with Crippen molar-refractivity contribution in [3.05, 3.63) is 59.4 Å². The van der Waals surface area contributed by atoms with Gasteiger partial charge in [-0.15, -0.1) is 0 Å². The van der Waals surface area contributed by atoms with E-state index in [0.29, 0.717) is 6.07 Å². The Balaban J connectivity index is 2.39. The van der Waals surface area contributed by atoms with Gasteiger partial charge >= 0.3 is 6.18 Å². The molecule has 3 nitrogen and oxygen atoms in total. The van der Waals surface area contributed by atoms with Gasteiger partial charge in [-0.3, -0.25) is 4.72 Å². The van der Waals surface area contributed by atoms with Gasteiger partial charge in [0.05, 0.1) is 10.5 Å². The van der Waals surface area contributed by atoms with Crippen molar-refractivity contribution >= 4 is 15.7 Å². The largest absolute Gasteiger partial charge is 0.419 e. The van der Waals surface area contributed by atoms with Crippen LogP contribution in [0.2, 0.25) is 0 Å². The highest BCUT2D eigenvalue weighted by molar-refractivity contribution is 7.92. The van der Waals surface area contributed by atoms with Gasteiger partial charge < -0.3 is 0 Å². The Hall–Kier alpha value is -2.09. The monoisotopic (exact) mass is 333 g/mol. The van der Waals surface area contributed by atoms with Gasteiger partial charge in [0.25, 0.3) is 10.0 Å². The maximum absolute atomic E-state index is 13.2. The van der Waals surface area contributed by atoms with E-state index in [2.05, 4.69) is 4.72 Å². The summed E-state index contributed by atoms with van der Waals surface area (Å²) in [5.41, 5.74) is -0.535. The van der Waals surface area contributed by atoms with E-state index >= 15 is 0 Å². The van der Waals surface area contributed by atoms with Crippen LogP contribution < -0.4 is 4.72 Å². The summed E-state index contributed by atoms with van der Waals surface area (Å²) in [6.07, 6.45) is -4.97. The molecule has 118 valence electrons. The van der Waals surface area contributed by atoms with Gasteiger partial charge in [0, 0.05) is 5.69 Å². The van der Waals surface area contributed by atoms with Crippen LogP contribution in [0.4, 0.5) is 23.2 Å². The zero-order valence-electron chi connectivity index (χ0n) is 11.3. The number of aryl methyl sites for hydroxylation is 1. The van der Waals surface area contributed by atoms with E-state index in [1.165, 1.54) is 12.1 Å². The molecular weight excluding hydrogens is 322 g/mol. The molecule has 0 amide bonds. The summed E-state index contributed by atoms with van der Waals surface area (Å²) < 4.78 is 77.4. The second-order valence-corrected chi connectivity index (χ2v) is 6.29. The predicted molar refractivity (Wildman–Crippen MR) is 73.4 cm³/mol. The Labute approximate surface area is 124 Å². The van der Waals surface area contributed by atoms with Crippen LogP contribution >= 0.6 is 0 Å². The van der Waals surface area contributed by atoms with E-state index in [9.17, 15) is 26.0 Å². The summed E-state index contributed by atoms with van der Waals surface area (Å²) >= 11 is 0. The molecule has 0 saturated carbocycles. The molecule has 2 aromatic rings. The van der Waals surface area contributed by atoms with Gasteiger partial charge in [0.1, 0.15) is 5.82 Å². The highest BCUT2D eigenvalue weighted by Gasteiger charge is 2.35. The highest BCUT2D eigenvalue weighted by atomic mass is 32.2. The van der Waals surface area contributed by atoms with E-state index in [1.807, 2.05) is 0 Å². The van der Waals surface area contributed by atoms with Crippen molar-refractivity contribution in [2.24, 2.45) is 0 Å². The number of nitrogens with one attached hydrogen (secondary N) is 1. The third kappa shape index (κ3) is 3.56. The molecule has 0 heterocycles. The van der Waals surface area contributed by atoms with Gasteiger partial charge in [0.15, 0.2) is 0 Å². The summed E-state index contributed by atoms with van der Waals surface area (Å²) in [7, 11) is -4.24. The van der Waals surface area contributed by atoms with Crippen molar-refractivity contribution in [3.8, 4) is 0 Å². The van der Waals surface area contributed by atoms with E-state index in [4.69, 9.17) is 0 Å². The van der Waals surface area contributed by atoms with Crippen LogP contribution in [-0.4, -0.2) is 8.42 Å². The first-order chi connectivity index (χ1) is 10.1. The molecule has 0 atom stereocenters. The average molecular weight is 333 g/mol. The molecular formula is C14H11F4NO2S. The van der Waals surface area contributed by atoms with E-state index in [1.54, 1.807) is 19.1 Å². The molecule has 2 aromatic carbocycles. The molecule has 22 heavy (non-hydrogen) atoms. The van der Waals surface area contributed by atoms with Crippen LogP contribution in [0, 0.1) is 12.7 Å². The topological polar surface area (TPSA) is 46.2 Å². The molecule has 1 N–H and O–H groups in total. The Morgan fingerprint density at radius 1 is 1.00 bits per heavy atom. The zero-order chi connectivity index (χ0) is 16.5. The Bertz CT molecular complexity index is 783. The van der Waals surface area contributed by atoms with Crippen LogP contribution in [0.15, 0.2) is 47.4 Å². The lowest BCUT2D eigenvalue weighted by Gasteiger charge is -2.12. The predicted octanol–water partition coefficient (Wildman–Crippen LogP) is 3.95. The molecule has 0 radical (unpaired) electrons. The fourth-order valence-corrected chi connectivity index (χ4v) is 2.81. The number of sulfonamides is 1. The minimum Gasteiger partial charge on any atom is -0.280 e. The van der Waals surface area contributed by atoms with E-state index < -0.39 is 32.5 Å². The first kappa shape index (κ1) is 16.3. The minimum absolute atomic E-state index is 0.198. The Morgan fingerprint density at radius 2 is 1.59 bits per heavy atom. The molecule has 0 aliphatic carbocycles. The molecule has 2 rings (SSSR count). The molecule has 8 heteroatoms. The van der Waals surface area contributed by atoms with Crippen molar-refractivity contribution in [2.45, 2.75) is 18.0 Å². The first-order valence-electron chi connectivity index (χ1n) is 6.06. The van der Waals surface area contributed by atoms with Gasteiger partial charge in [-0.25, -0.2) is 12.8 Å². The number of rotatable bonds is 3. The molecule has 0 unspecified atom stereocenters. The number of anilines is 1. The first-order valence-corrected chi connectivity index (χ1v) is 7.54. The van der Waals surface area contributed by atoms with Crippen LogP contribution in [0.1, 0.15) is 11.1 Å². The van der Waals surface area contributed by atoms with Gasteiger partial charge in [-0.2, -0.15) is 13.2 Å². The van der Waals surface area contributed by atoms with E-state index in [-0.39, 0.29) is 11.8 Å². The lowest BCUT2D eigenvalue weighted by atomic mass is 10.2. The Kier molecular flexibility index (Phi) is 4.15. The number of alkyl halides is 3. The summed E-state index contributed by atoms with van der Waals surface area (Å²) in [5, 5.41) is 0. The molecule has 0 aliphatic heterocycles. The summed E-state index contributed by atoms with van der Waals surface area (Å²) in [4.78, 5) is -0.665.